The number of unbranched alkanes of at least 4 members (excludes halogenated alkanes) is 2. The minimum atomic E-state index is -0.885. The molecule has 13 heavy (non-hydrogen) atoms. The number of rotatable bonds is 5. The van der Waals surface area contributed by atoms with Crippen LogP contribution in [-0.4, -0.2) is 17.2 Å². The van der Waals surface area contributed by atoms with Gasteiger partial charge in [-0.15, -0.1) is 0 Å². The van der Waals surface area contributed by atoms with Gasteiger partial charge < -0.3 is 5.73 Å². The van der Waals surface area contributed by atoms with Gasteiger partial charge in [-0.1, -0.05) is 13.3 Å². The van der Waals surface area contributed by atoms with Gasteiger partial charge in [-0.25, -0.2) is 15.5 Å². The molecular formula is C6H13N5O2. The van der Waals surface area contributed by atoms with Crippen molar-refractivity contribution in [3.63, 3.8) is 0 Å². The van der Waals surface area contributed by atoms with Crippen LogP contribution in [0.2, 0.25) is 0 Å². The van der Waals surface area contributed by atoms with Gasteiger partial charge in [0.2, 0.25) is 0 Å². The van der Waals surface area contributed by atoms with Crippen LogP contribution in [0.5, 0.6) is 0 Å². The SMILES string of the molecule is CCCCC=NNC(N)=N[N+](=O)[O-]. The first-order valence-corrected chi connectivity index (χ1v) is 3.92. The van der Waals surface area contributed by atoms with Crippen LogP contribution in [0.3, 0.4) is 0 Å². The highest BCUT2D eigenvalue weighted by Gasteiger charge is 1.94. The number of nitrogens with one attached hydrogen (secondary N) is 1. The number of nitrogens with zero attached hydrogens (tertiary/aromatic N) is 3. The Balaban J connectivity index is 3.62. The smallest absolute Gasteiger partial charge is 0.286 e. The first-order chi connectivity index (χ1) is 6.16. The van der Waals surface area contributed by atoms with E-state index in [1.54, 1.807) is 6.21 Å². The van der Waals surface area contributed by atoms with Gasteiger partial charge in [-0.3, -0.25) is 0 Å². The normalized spacial score (nSPS) is 11.9. The van der Waals surface area contributed by atoms with Gasteiger partial charge in [0, 0.05) is 6.21 Å². The van der Waals surface area contributed by atoms with Crippen LogP contribution in [0.15, 0.2) is 10.2 Å². The molecule has 0 heterocycles. The summed E-state index contributed by atoms with van der Waals surface area (Å²) in [6.45, 7) is 2.06. The second-order valence-corrected chi connectivity index (χ2v) is 2.29. The van der Waals surface area contributed by atoms with Crippen molar-refractivity contribution in [2.45, 2.75) is 26.2 Å². The highest BCUT2D eigenvalue weighted by Crippen LogP contribution is 1.88. The molecule has 0 aromatic heterocycles. The minimum Gasteiger partial charge on any atom is -0.363 e. The van der Waals surface area contributed by atoms with Gasteiger partial charge in [0.1, 0.15) is 5.10 Å². The molecule has 0 aliphatic heterocycles. The third-order valence-electron chi connectivity index (χ3n) is 1.15. The lowest BCUT2D eigenvalue weighted by atomic mass is 10.3. The van der Waals surface area contributed by atoms with Crippen molar-refractivity contribution in [3.05, 3.63) is 10.1 Å². The summed E-state index contributed by atoms with van der Waals surface area (Å²) in [5, 5.41) is 15.3. The molecule has 3 N–H and O–H groups in total. The van der Waals surface area contributed by atoms with Crippen LogP contribution in [0, 0.1) is 10.1 Å². The Kier molecular flexibility index (Phi) is 6.12. The van der Waals surface area contributed by atoms with E-state index in [1.807, 2.05) is 0 Å². The van der Waals surface area contributed by atoms with Gasteiger partial charge in [0.05, 0.1) is 0 Å². The summed E-state index contributed by atoms with van der Waals surface area (Å²) in [5.41, 5.74) is 7.30. The number of hydrazone groups is 2. The largest absolute Gasteiger partial charge is 0.363 e. The average molecular weight is 187 g/mol. The minimum absolute atomic E-state index is 0.322. The maximum Gasteiger partial charge on any atom is 0.286 e. The molecule has 0 spiro atoms. The van der Waals surface area contributed by atoms with Crippen molar-refractivity contribution in [3.8, 4) is 0 Å². The summed E-state index contributed by atoms with van der Waals surface area (Å²) >= 11 is 0. The van der Waals surface area contributed by atoms with Crippen LogP contribution in [0.1, 0.15) is 26.2 Å². The summed E-state index contributed by atoms with van der Waals surface area (Å²) in [6, 6.07) is 0. The molecule has 0 aliphatic rings. The molecule has 0 aromatic rings. The zero-order chi connectivity index (χ0) is 10.1. The van der Waals surface area contributed by atoms with Crippen molar-refractivity contribution < 1.29 is 5.03 Å². The van der Waals surface area contributed by atoms with Crippen molar-refractivity contribution >= 4 is 12.2 Å². The molecule has 0 rings (SSSR count). The molecule has 0 bridgehead atoms. The number of guanidine groups is 1. The second kappa shape index (κ2) is 7.01. The van der Waals surface area contributed by atoms with E-state index in [2.05, 4.69) is 22.6 Å². The highest BCUT2D eigenvalue weighted by atomic mass is 16.7. The monoisotopic (exact) mass is 187 g/mol. The van der Waals surface area contributed by atoms with E-state index in [1.165, 1.54) is 0 Å². The molecule has 0 unspecified atom stereocenters. The fourth-order valence-electron chi connectivity index (χ4n) is 0.582. The van der Waals surface area contributed by atoms with E-state index in [4.69, 9.17) is 5.73 Å². The standard InChI is InChI=1S/C6H13N5O2/c1-2-3-4-5-8-9-6(7)10-11(12)13/h5H,2-4H2,1H3,(H3,7,9,10). The molecule has 0 aromatic carbocycles. The van der Waals surface area contributed by atoms with Crippen molar-refractivity contribution in [2.24, 2.45) is 15.9 Å². The molecule has 74 valence electrons. The molecule has 7 nitrogen and oxygen atoms in total. The Morgan fingerprint density at radius 3 is 3.00 bits per heavy atom. The van der Waals surface area contributed by atoms with Crippen LogP contribution in [0.25, 0.3) is 0 Å². The maximum atomic E-state index is 9.79. The first-order valence-electron chi connectivity index (χ1n) is 3.92. The zero-order valence-corrected chi connectivity index (χ0v) is 7.43. The predicted molar refractivity (Wildman–Crippen MR) is 49.8 cm³/mol. The van der Waals surface area contributed by atoms with E-state index >= 15 is 0 Å². The summed E-state index contributed by atoms with van der Waals surface area (Å²) in [6.07, 6.45) is 4.52. The van der Waals surface area contributed by atoms with E-state index in [0.29, 0.717) is 0 Å². The fourth-order valence-corrected chi connectivity index (χ4v) is 0.582. The summed E-state index contributed by atoms with van der Waals surface area (Å²) in [7, 11) is 0. The Hall–Kier alpha value is -1.66. The number of nitro groups is 1. The molecule has 0 aliphatic carbocycles. The Labute approximate surface area is 75.8 Å². The Morgan fingerprint density at radius 1 is 1.77 bits per heavy atom. The fraction of sp³-hybridized carbons (Fsp3) is 0.667. The molecule has 0 fully saturated rings. The van der Waals surface area contributed by atoms with Crippen molar-refractivity contribution in [1.82, 2.24) is 5.43 Å². The summed E-state index contributed by atoms with van der Waals surface area (Å²) in [4.78, 5) is 9.79. The third kappa shape index (κ3) is 8.24. The lowest BCUT2D eigenvalue weighted by molar-refractivity contribution is -0.485. The average Bonchev–Trinajstić information content (AvgIpc) is 2.02. The third-order valence-corrected chi connectivity index (χ3v) is 1.15. The lowest BCUT2D eigenvalue weighted by Gasteiger charge is -1.92. The van der Waals surface area contributed by atoms with Crippen LogP contribution < -0.4 is 11.2 Å². The number of hydrogen-bond donors (Lipinski definition) is 2. The van der Waals surface area contributed by atoms with Gasteiger partial charge in [0.15, 0.2) is 5.03 Å². The lowest BCUT2D eigenvalue weighted by Crippen LogP contribution is -2.28. The van der Waals surface area contributed by atoms with Crippen LogP contribution >= 0.6 is 0 Å². The molecular weight excluding hydrogens is 174 g/mol. The highest BCUT2D eigenvalue weighted by molar-refractivity contribution is 5.77. The summed E-state index contributed by atoms with van der Waals surface area (Å²) < 4.78 is 0. The van der Waals surface area contributed by atoms with Crippen LogP contribution in [-0.2, 0) is 0 Å². The first kappa shape index (κ1) is 11.3. The predicted octanol–water partition coefficient (Wildman–Crippen LogP) is 0.258. The Bertz CT molecular complexity index is 213. The molecule has 0 atom stereocenters. The number of hydrogen-bond acceptors (Lipinski definition) is 3. The molecule has 0 saturated carbocycles. The topological polar surface area (TPSA) is 106 Å². The molecule has 0 saturated heterocycles. The second-order valence-electron chi connectivity index (χ2n) is 2.29. The summed E-state index contributed by atoms with van der Waals surface area (Å²) in [5.74, 6) is -0.322. The van der Waals surface area contributed by atoms with E-state index in [9.17, 15) is 10.1 Å². The molecule has 0 amide bonds. The van der Waals surface area contributed by atoms with E-state index in [-0.39, 0.29) is 5.96 Å². The van der Waals surface area contributed by atoms with Gasteiger partial charge in [-0.2, -0.15) is 5.10 Å². The Morgan fingerprint density at radius 2 is 2.46 bits per heavy atom. The quantitative estimate of drug-likeness (QED) is 0.211. The van der Waals surface area contributed by atoms with E-state index < -0.39 is 5.03 Å². The maximum absolute atomic E-state index is 9.79. The molecule has 7 heteroatoms. The van der Waals surface area contributed by atoms with E-state index in [0.717, 1.165) is 19.3 Å². The van der Waals surface area contributed by atoms with Crippen molar-refractivity contribution in [1.29, 1.82) is 0 Å². The van der Waals surface area contributed by atoms with Crippen molar-refractivity contribution in [2.75, 3.05) is 0 Å². The van der Waals surface area contributed by atoms with Gasteiger partial charge >= 0.3 is 0 Å². The van der Waals surface area contributed by atoms with Gasteiger partial charge in [0.25, 0.3) is 5.96 Å². The van der Waals surface area contributed by atoms with Crippen LogP contribution in [0.4, 0.5) is 0 Å². The van der Waals surface area contributed by atoms with Gasteiger partial charge in [-0.05, 0) is 12.8 Å². The molecule has 0 radical (unpaired) electrons. The zero-order valence-electron chi connectivity index (χ0n) is 7.43. The number of nitrogens with two attached hydrogens (primary N) is 1.